The van der Waals surface area contributed by atoms with Gasteiger partial charge in [0.15, 0.2) is 0 Å². The van der Waals surface area contributed by atoms with E-state index in [0.29, 0.717) is 11.2 Å². The summed E-state index contributed by atoms with van der Waals surface area (Å²) in [5, 5.41) is 9.38. The zero-order valence-electron chi connectivity index (χ0n) is 11.7. The van der Waals surface area contributed by atoms with Crippen LogP contribution < -0.4 is 0 Å². The maximum atomic E-state index is 9.38. The van der Waals surface area contributed by atoms with Crippen LogP contribution in [0.2, 0.25) is 0 Å². The van der Waals surface area contributed by atoms with E-state index in [4.69, 9.17) is 0 Å². The summed E-state index contributed by atoms with van der Waals surface area (Å²) in [5.41, 5.74) is 0.323. The Kier molecular flexibility index (Phi) is 5.80. The van der Waals surface area contributed by atoms with Crippen LogP contribution in [0.5, 0.6) is 0 Å². The Hall–Kier alpha value is -0.720. The molecule has 1 unspecified atom stereocenters. The van der Waals surface area contributed by atoms with Crippen LogP contribution in [0.15, 0.2) is 24.0 Å². The first-order chi connectivity index (χ1) is 8.08. The summed E-state index contributed by atoms with van der Waals surface area (Å²) in [7, 11) is 0. The highest BCUT2D eigenvalue weighted by atomic mass is 16.3. The molecule has 0 amide bonds. The maximum absolute atomic E-state index is 9.38. The van der Waals surface area contributed by atoms with Gasteiger partial charge < -0.3 is 5.11 Å². The summed E-state index contributed by atoms with van der Waals surface area (Å²) in [6.45, 7) is 6.85. The summed E-state index contributed by atoms with van der Waals surface area (Å²) in [4.78, 5) is 0. The van der Waals surface area contributed by atoms with E-state index in [9.17, 15) is 5.11 Å². The molecule has 0 fully saturated rings. The third-order valence-corrected chi connectivity index (χ3v) is 3.99. The molecule has 1 rings (SSSR count). The van der Waals surface area contributed by atoms with Gasteiger partial charge in [-0.05, 0) is 42.7 Å². The summed E-state index contributed by atoms with van der Waals surface area (Å²) in [6, 6.07) is 0. The molecule has 0 aromatic rings. The zero-order valence-corrected chi connectivity index (χ0v) is 11.7. The molecular weight excluding hydrogens is 208 g/mol. The molecule has 0 saturated carbocycles. The van der Waals surface area contributed by atoms with E-state index in [1.54, 1.807) is 0 Å². The minimum Gasteiger partial charge on any atom is -0.508 e. The van der Waals surface area contributed by atoms with E-state index in [2.05, 4.69) is 26.8 Å². The standard InChI is InChI=1S/C16H28O/c1-4-16(12-9-15(17)10-13-16)11-7-5-6-8-14(2)3/h9-10,12,14,17H,4-8,11,13H2,1-3H3. The van der Waals surface area contributed by atoms with E-state index < -0.39 is 0 Å². The van der Waals surface area contributed by atoms with Crippen LogP contribution >= 0.6 is 0 Å². The summed E-state index contributed by atoms with van der Waals surface area (Å²) in [6.07, 6.45) is 14.9. The molecule has 1 N–H and O–H groups in total. The molecule has 1 nitrogen and oxygen atoms in total. The van der Waals surface area contributed by atoms with Crippen LogP contribution in [0, 0.1) is 11.3 Å². The van der Waals surface area contributed by atoms with Crippen molar-refractivity contribution in [3.05, 3.63) is 24.0 Å². The second-order valence-corrected chi connectivity index (χ2v) is 5.88. The number of aliphatic hydroxyl groups excluding tert-OH is 1. The van der Waals surface area contributed by atoms with Crippen molar-refractivity contribution in [3.8, 4) is 0 Å². The third-order valence-electron chi connectivity index (χ3n) is 3.99. The Morgan fingerprint density at radius 3 is 2.59 bits per heavy atom. The van der Waals surface area contributed by atoms with Gasteiger partial charge in [-0.15, -0.1) is 0 Å². The van der Waals surface area contributed by atoms with Crippen molar-refractivity contribution in [1.29, 1.82) is 0 Å². The first kappa shape index (κ1) is 14.3. The fourth-order valence-corrected chi connectivity index (χ4v) is 2.54. The van der Waals surface area contributed by atoms with Crippen LogP contribution in [-0.4, -0.2) is 5.11 Å². The van der Waals surface area contributed by atoms with E-state index in [0.717, 1.165) is 12.3 Å². The number of allylic oxidation sites excluding steroid dienone is 3. The van der Waals surface area contributed by atoms with Crippen molar-refractivity contribution in [3.63, 3.8) is 0 Å². The van der Waals surface area contributed by atoms with Gasteiger partial charge in [0, 0.05) is 0 Å². The molecular formula is C16H28O. The lowest BCUT2D eigenvalue weighted by atomic mass is 9.75. The number of aliphatic hydroxyl groups is 1. The molecule has 1 heteroatoms. The monoisotopic (exact) mass is 236 g/mol. The number of hydrogen-bond donors (Lipinski definition) is 1. The Balaban J connectivity index is 2.27. The van der Waals surface area contributed by atoms with Gasteiger partial charge in [-0.25, -0.2) is 0 Å². The molecule has 0 aromatic carbocycles. The van der Waals surface area contributed by atoms with Gasteiger partial charge in [-0.3, -0.25) is 0 Å². The van der Waals surface area contributed by atoms with Gasteiger partial charge in [-0.1, -0.05) is 52.5 Å². The molecule has 1 aliphatic carbocycles. The van der Waals surface area contributed by atoms with Gasteiger partial charge in [0.25, 0.3) is 0 Å². The number of hydrogen-bond acceptors (Lipinski definition) is 1. The Morgan fingerprint density at radius 2 is 2.06 bits per heavy atom. The first-order valence-electron chi connectivity index (χ1n) is 7.16. The Morgan fingerprint density at radius 1 is 1.29 bits per heavy atom. The summed E-state index contributed by atoms with van der Waals surface area (Å²) in [5.74, 6) is 1.28. The minimum atomic E-state index is 0.323. The molecule has 98 valence electrons. The SMILES string of the molecule is CCC1(CCCCCC(C)C)C=CC(O)=CC1. The van der Waals surface area contributed by atoms with Crippen molar-refractivity contribution < 1.29 is 5.11 Å². The number of rotatable bonds is 7. The van der Waals surface area contributed by atoms with Gasteiger partial charge in [0.1, 0.15) is 5.76 Å². The fraction of sp³-hybridized carbons (Fsp3) is 0.750. The molecule has 0 aliphatic heterocycles. The second-order valence-electron chi connectivity index (χ2n) is 5.88. The van der Waals surface area contributed by atoms with Crippen LogP contribution in [-0.2, 0) is 0 Å². The van der Waals surface area contributed by atoms with Crippen LogP contribution in [0.1, 0.15) is 65.7 Å². The molecule has 0 heterocycles. The molecule has 0 bridgehead atoms. The molecule has 0 spiro atoms. The molecule has 0 aromatic heterocycles. The van der Waals surface area contributed by atoms with E-state index in [-0.39, 0.29) is 0 Å². The molecule has 17 heavy (non-hydrogen) atoms. The largest absolute Gasteiger partial charge is 0.508 e. The van der Waals surface area contributed by atoms with Crippen molar-refractivity contribution in [2.75, 3.05) is 0 Å². The summed E-state index contributed by atoms with van der Waals surface area (Å²) < 4.78 is 0. The first-order valence-corrected chi connectivity index (χ1v) is 7.16. The lowest BCUT2D eigenvalue weighted by Crippen LogP contribution is -2.18. The average Bonchev–Trinajstić information content (AvgIpc) is 2.31. The van der Waals surface area contributed by atoms with Crippen molar-refractivity contribution in [1.82, 2.24) is 0 Å². The van der Waals surface area contributed by atoms with E-state index >= 15 is 0 Å². The van der Waals surface area contributed by atoms with Crippen molar-refractivity contribution in [2.45, 2.75) is 65.7 Å². The summed E-state index contributed by atoms with van der Waals surface area (Å²) >= 11 is 0. The minimum absolute atomic E-state index is 0.323. The predicted octanol–water partition coefficient (Wildman–Crippen LogP) is 5.39. The molecule has 1 aliphatic rings. The van der Waals surface area contributed by atoms with Gasteiger partial charge in [0.2, 0.25) is 0 Å². The quantitative estimate of drug-likeness (QED) is 0.587. The predicted molar refractivity (Wildman–Crippen MR) is 75.1 cm³/mol. The second kappa shape index (κ2) is 6.88. The number of unbranched alkanes of at least 4 members (excludes halogenated alkanes) is 2. The van der Waals surface area contributed by atoms with Crippen LogP contribution in [0.3, 0.4) is 0 Å². The highest BCUT2D eigenvalue weighted by Crippen LogP contribution is 2.38. The van der Waals surface area contributed by atoms with Crippen LogP contribution in [0.25, 0.3) is 0 Å². The lowest BCUT2D eigenvalue weighted by molar-refractivity contribution is 0.308. The maximum Gasteiger partial charge on any atom is 0.111 e. The van der Waals surface area contributed by atoms with E-state index in [1.165, 1.54) is 38.5 Å². The highest BCUT2D eigenvalue weighted by molar-refractivity contribution is 5.21. The highest BCUT2D eigenvalue weighted by Gasteiger charge is 2.25. The van der Waals surface area contributed by atoms with Crippen molar-refractivity contribution in [2.24, 2.45) is 11.3 Å². The normalized spacial score (nSPS) is 24.1. The Bertz CT molecular complexity index is 275. The van der Waals surface area contributed by atoms with Crippen molar-refractivity contribution >= 4 is 0 Å². The Labute approximate surface area is 107 Å². The molecule has 0 saturated heterocycles. The smallest absolute Gasteiger partial charge is 0.111 e. The van der Waals surface area contributed by atoms with E-state index in [1.807, 2.05) is 12.2 Å². The van der Waals surface area contributed by atoms with Crippen LogP contribution in [0.4, 0.5) is 0 Å². The third kappa shape index (κ3) is 4.97. The van der Waals surface area contributed by atoms with Gasteiger partial charge >= 0.3 is 0 Å². The average molecular weight is 236 g/mol. The van der Waals surface area contributed by atoms with Gasteiger partial charge in [-0.2, -0.15) is 0 Å². The lowest BCUT2D eigenvalue weighted by Gasteiger charge is -2.30. The molecule has 0 radical (unpaired) electrons. The zero-order chi connectivity index (χ0) is 12.7. The van der Waals surface area contributed by atoms with Gasteiger partial charge in [0.05, 0.1) is 0 Å². The molecule has 1 atom stereocenters. The topological polar surface area (TPSA) is 20.2 Å². The fourth-order valence-electron chi connectivity index (χ4n) is 2.54.